The maximum atomic E-state index is 14.2. The van der Waals surface area contributed by atoms with E-state index in [1.54, 1.807) is 12.1 Å². The normalized spacial score (nSPS) is 26.0. The fourth-order valence-corrected chi connectivity index (χ4v) is 3.89. The topological polar surface area (TPSA) is 43.1 Å². The molecule has 1 aromatic carbocycles. The van der Waals surface area contributed by atoms with Crippen molar-refractivity contribution < 1.29 is 9.31 Å². The second-order valence-electron chi connectivity index (χ2n) is 6.30. The van der Waals surface area contributed by atoms with Crippen molar-refractivity contribution in [3.05, 3.63) is 39.7 Å². The molecular formula is C16H21BrFNO2. The van der Waals surface area contributed by atoms with Gasteiger partial charge in [0.2, 0.25) is 5.82 Å². The summed E-state index contributed by atoms with van der Waals surface area (Å²) in [6.07, 6.45) is 3.90. The van der Waals surface area contributed by atoms with Gasteiger partial charge in [-0.2, -0.15) is 4.39 Å². The molecule has 1 fully saturated rings. The molecule has 21 heavy (non-hydrogen) atoms. The van der Waals surface area contributed by atoms with E-state index in [0.717, 1.165) is 12.8 Å². The third-order valence-electron chi connectivity index (χ3n) is 4.61. The summed E-state index contributed by atoms with van der Waals surface area (Å²) >= 11 is 3.70. The van der Waals surface area contributed by atoms with Crippen LogP contribution in [0.25, 0.3) is 0 Å². The first-order chi connectivity index (χ1) is 9.90. The summed E-state index contributed by atoms with van der Waals surface area (Å²) in [4.78, 5) is 10.5. The first kappa shape index (κ1) is 16.4. The molecule has 1 aromatic rings. The van der Waals surface area contributed by atoms with E-state index in [2.05, 4.69) is 29.8 Å². The highest BCUT2D eigenvalue weighted by molar-refractivity contribution is 9.09. The molecule has 0 saturated heterocycles. The molecule has 0 aliphatic heterocycles. The van der Waals surface area contributed by atoms with Crippen LogP contribution < -0.4 is 0 Å². The monoisotopic (exact) mass is 357 g/mol. The van der Waals surface area contributed by atoms with Gasteiger partial charge in [-0.05, 0) is 49.0 Å². The molecule has 1 aliphatic carbocycles. The quantitative estimate of drug-likeness (QED) is 0.426. The predicted molar refractivity (Wildman–Crippen MR) is 85.1 cm³/mol. The molecule has 0 radical (unpaired) electrons. The van der Waals surface area contributed by atoms with Gasteiger partial charge < -0.3 is 0 Å². The van der Waals surface area contributed by atoms with Crippen molar-refractivity contribution in [2.45, 2.75) is 44.4 Å². The maximum Gasteiger partial charge on any atom is 0.305 e. The van der Waals surface area contributed by atoms with Crippen LogP contribution in [0.2, 0.25) is 0 Å². The van der Waals surface area contributed by atoms with Crippen LogP contribution in [0.3, 0.4) is 0 Å². The van der Waals surface area contributed by atoms with E-state index >= 15 is 0 Å². The van der Waals surface area contributed by atoms with Crippen molar-refractivity contribution in [1.29, 1.82) is 0 Å². The molecule has 0 aromatic heterocycles. The molecule has 3 nitrogen and oxygen atoms in total. The molecule has 1 aliphatic rings. The zero-order valence-electron chi connectivity index (χ0n) is 12.4. The third kappa shape index (κ3) is 3.82. The van der Waals surface area contributed by atoms with Crippen molar-refractivity contribution in [2.24, 2.45) is 17.8 Å². The highest BCUT2D eigenvalue weighted by atomic mass is 79.9. The number of benzene rings is 1. The largest absolute Gasteiger partial charge is 0.305 e. The van der Waals surface area contributed by atoms with Gasteiger partial charge in [0, 0.05) is 10.9 Å². The van der Waals surface area contributed by atoms with Crippen LogP contribution in [0.4, 0.5) is 10.1 Å². The first-order valence-electron chi connectivity index (χ1n) is 7.46. The van der Waals surface area contributed by atoms with Crippen LogP contribution >= 0.6 is 15.9 Å². The van der Waals surface area contributed by atoms with Crippen molar-refractivity contribution in [3.8, 4) is 0 Å². The van der Waals surface area contributed by atoms with Gasteiger partial charge in [-0.15, -0.1) is 0 Å². The van der Waals surface area contributed by atoms with E-state index in [4.69, 9.17) is 0 Å². The van der Waals surface area contributed by atoms with Gasteiger partial charge in [-0.25, -0.2) is 0 Å². The number of alkyl halides is 1. The zero-order valence-corrected chi connectivity index (χ0v) is 14.0. The lowest BCUT2D eigenvalue weighted by atomic mass is 9.74. The number of nitro groups is 1. The second-order valence-corrected chi connectivity index (χ2v) is 7.48. The lowest BCUT2D eigenvalue weighted by Crippen LogP contribution is -2.29. The summed E-state index contributed by atoms with van der Waals surface area (Å²) in [7, 11) is 0. The second kappa shape index (κ2) is 6.86. The number of nitrogens with zero attached hydrogens (tertiary/aromatic N) is 1. The van der Waals surface area contributed by atoms with E-state index in [1.165, 1.54) is 12.5 Å². The van der Waals surface area contributed by atoms with E-state index in [0.29, 0.717) is 34.6 Å². The standard InChI is InChI=1S/C16H21BrFNO2/c1-10(2)11-6-7-14(17)13(8-11)9-12-4-3-5-15(16(12)18)19(20)21/h3-5,10-11,13-14H,6-9H2,1-2H3. The molecule has 0 spiro atoms. The van der Waals surface area contributed by atoms with E-state index in [1.807, 2.05) is 0 Å². The van der Waals surface area contributed by atoms with Gasteiger partial charge in [-0.1, -0.05) is 41.9 Å². The first-order valence-corrected chi connectivity index (χ1v) is 8.37. The number of halogens is 2. The fourth-order valence-electron chi connectivity index (χ4n) is 3.23. The molecule has 1 saturated carbocycles. The Kier molecular flexibility index (Phi) is 5.36. The van der Waals surface area contributed by atoms with E-state index < -0.39 is 16.4 Å². The zero-order chi connectivity index (χ0) is 15.6. The molecule has 2 rings (SSSR count). The molecule has 116 valence electrons. The molecule has 0 bridgehead atoms. The molecule has 0 heterocycles. The Morgan fingerprint density at radius 2 is 2.14 bits per heavy atom. The van der Waals surface area contributed by atoms with E-state index in [-0.39, 0.29) is 0 Å². The van der Waals surface area contributed by atoms with Gasteiger partial charge in [0.1, 0.15) is 0 Å². The summed E-state index contributed by atoms with van der Waals surface area (Å²) in [5.41, 5.74) is 0.0397. The molecule has 0 amide bonds. The minimum absolute atomic E-state index is 0.336. The summed E-state index contributed by atoms with van der Waals surface area (Å²) in [5.74, 6) is 0.949. The minimum atomic E-state index is -0.672. The molecule has 3 atom stereocenters. The van der Waals surface area contributed by atoms with Crippen molar-refractivity contribution in [2.75, 3.05) is 0 Å². The Balaban J connectivity index is 2.17. The smallest absolute Gasteiger partial charge is 0.258 e. The summed E-state index contributed by atoms with van der Waals surface area (Å²) in [6, 6.07) is 4.46. The number of rotatable bonds is 4. The Labute approximate surface area is 133 Å². The minimum Gasteiger partial charge on any atom is -0.258 e. The Morgan fingerprint density at radius 1 is 1.43 bits per heavy atom. The lowest BCUT2D eigenvalue weighted by Gasteiger charge is -2.35. The van der Waals surface area contributed by atoms with E-state index in [9.17, 15) is 14.5 Å². The van der Waals surface area contributed by atoms with Gasteiger partial charge in [0.05, 0.1) is 4.92 Å². The van der Waals surface area contributed by atoms with Crippen LogP contribution in [0.15, 0.2) is 18.2 Å². The van der Waals surface area contributed by atoms with Crippen LogP contribution in [0.1, 0.15) is 38.7 Å². The van der Waals surface area contributed by atoms with Gasteiger partial charge in [-0.3, -0.25) is 10.1 Å². The molecule has 3 unspecified atom stereocenters. The van der Waals surface area contributed by atoms with Gasteiger partial charge in [0.15, 0.2) is 0 Å². The number of hydrogen-bond acceptors (Lipinski definition) is 2. The Bertz CT molecular complexity index is 521. The van der Waals surface area contributed by atoms with Gasteiger partial charge in [0.25, 0.3) is 0 Å². The van der Waals surface area contributed by atoms with Crippen molar-refractivity contribution in [3.63, 3.8) is 0 Å². The molecule has 0 N–H and O–H groups in total. The highest BCUT2D eigenvalue weighted by Crippen LogP contribution is 2.39. The highest BCUT2D eigenvalue weighted by Gasteiger charge is 2.31. The summed E-state index contributed by atoms with van der Waals surface area (Å²) < 4.78 is 14.2. The number of hydrogen-bond donors (Lipinski definition) is 0. The average Bonchev–Trinajstić information content (AvgIpc) is 2.42. The maximum absolute atomic E-state index is 14.2. The third-order valence-corrected chi connectivity index (χ3v) is 5.82. The SMILES string of the molecule is CC(C)C1CCC(Br)C(Cc2cccc([N+](=O)[O-])c2F)C1. The predicted octanol–water partition coefficient (Wildman–Crippen LogP) is 5.11. The average molecular weight is 358 g/mol. The van der Waals surface area contributed by atoms with Crippen LogP contribution in [0, 0.1) is 33.7 Å². The lowest BCUT2D eigenvalue weighted by molar-refractivity contribution is -0.387. The van der Waals surface area contributed by atoms with Crippen LogP contribution in [-0.2, 0) is 6.42 Å². The van der Waals surface area contributed by atoms with Crippen molar-refractivity contribution >= 4 is 21.6 Å². The van der Waals surface area contributed by atoms with Crippen LogP contribution in [-0.4, -0.2) is 9.75 Å². The fraction of sp³-hybridized carbons (Fsp3) is 0.625. The molecule has 5 heteroatoms. The Morgan fingerprint density at radius 3 is 2.76 bits per heavy atom. The summed E-state index contributed by atoms with van der Waals surface area (Å²) in [5, 5.41) is 10.8. The van der Waals surface area contributed by atoms with Crippen LogP contribution in [0.5, 0.6) is 0 Å². The number of nitro benzene ring substituents is 1. The molecular weight excluding hydrogens is 337 g/mol. The van der Waals surface area contributed by atoms with Crippen molar-refractivity contribution in [1.82, 2.24) is 0 Å². The Hall–Kier alpha value is -0.970. The summed E-state index contributed by atoms with van der Waals surface area (Å²) in [6.45, 7) is 4.45. The van der Waals surface area contributed by atoms with Gasteiger partial charge >= 0.3 is 5.69 Å².